The van der Waals surface area contributed by atoms with Crippen molar-refractivity contribution in [2.45, 2.75) is 18.2 Å². The van der Waals surface area contributed by atoms with Gasteiger partial charge < -0.3 is 10.6 Å². The standard InChI is InChI=1S/C18H16F2N4OS2/c1-10-4-3-5-14(11(10)2)22-17-23-24-18(27-17)26-9-16(25)21-15-8-12(19)6-7-13(15)20/h3-8H,9H2,1-2H3,(H,21,25)(H,22,23). The number of carbonyl (C=O) groups excluding carboxylic acids is 1. The average Bonchev–Trinajstić information content (AvgIpc) is 3.08. The Balaban J connectivity index is 1.57. The Hall–Kier alpha value is -2.52. The van der Waals surface area contributed by atoms with Gasteiger partial charge >= 0.3 is 0 Å². The highest BCUT2D eigenvalue weighted by Crippen LogP contribution is 2.29. The summed E-state index contributed by atoms with van der Waals surface area (Å²) in [4.78, 5) is 11.9. The van der Waals surface area contributed by atoms with E-state index in [0.717, 1.165) is 29.4 Å². The van der Waals surface area contributed by atoms with Crippen LogP contribution in [-0.2, 0) is 4.79 Å². The number of carbonyl (C=O) groups is 1. The van der Waals surface area contributed by atoms with Crippen LogP contribution in [0.3, 0.4) is 0 Å². The van der Waals surface area contributed by atoms with Crippen molar-refractivity contribution in [1.82, 2.24) is 10.2 Å². The van der Waals surface area contributed by atoms with E-state index in [1.165, 1.54) is 28.7 Å². The molecule has 2 N–H and O–H groups in total. The van der Waals surface area contributed by atoms with Crippen LogP contribution in [0.4, 0.5) is 25.3 Å². The van der Waals surface area contributed by atoms with E-state index in [4.69, 9.17) is 0 Å². The van der Waals surface area contributed by atoms with Crippen LogP contribution in [0.2, 0.25) is 0 Å². The van der Waals surface area contributed by atoms with Crippen LogP contribution >= 0.6 is 23.1 Å². The fraction of sp³-hybridized carbons (Fsp3) is 0.167. The van der Waals surface area contributed by atoms with Gasteiger partial charge in [-0.15, -0.1) is 10.2 Å². The minimum absolute atomic E-state index is 0.00800. The Morgan fingerprint density at radius 1 is 1.15 bits per heavy atom. The number of hydrogen-bond donors (Lipinski definition) is 2. The molecular formula is C18H16F2N4OS2. The lowest BCUT2D eigenvalue weighted by molar-refractivity contribution is -0.113. The lowest BCUT2D eigenvalue weighted by atomic mass is 10.1. The smallest absolute Gasteiger partial charge is 0.234 e. The predicted molar refractivity (Wildman–Crippen MR) is 105 cm³/mol. The maximum atomic E-state index is 13.5. The first-order valence-electron chi connectivity index (χ1n) is 7.97. The molecule has 1 amide bonds. The van der Waals surface area contributed by atoms with Crippen molar-refractivity contribution in [1.29, 1.82) is 0 Å². The van der Waals surface area contributed by atoms with Gasteiger partial charge in [-0.25, -0.2) is 8.78 Å². The first kappa shape index (κ1) is 19.2. The molecule has 1 aromatic heterocycles. The van der Waals surface area contributed by atoms with E-state index in [0.29, 0.717) is 9.47 Å². The van der Waals surface area contributed by atoms with Crippen molar-refractivity contribution in [3.05, 3.63) is 59.2 Å². The molecular weight excluding hydrogens is 390 g/mol. The summed E-state index contributed by atoms with van der Waals surface area (Å²) >= 11 is 2.48. The number of benzene rings is 2. The van der Waals surface area contributed by atoms with Crippen LogP contribution in [0.15, 0.2) is 40.7 Å². The minimum Gasteiger partial charge on any atom is -0.330 e. The highest BCUT2D eigenvalue weighted by atomic mass is 32.2. The number of thioether (sulfide) groups is 1. The van der Waals surface area contributed by atoms with E-state index >= 15 is 0 Å². The van der Waals surface area contributed by atoms with Gasteiger partial charge in [-0.05, 0) is 43.2 Å². The summed E-state index contributed by atoms with van der Waals surface area (Å²) in [7, 11) is 0. The molecule has 0 radical (unpaired) electrons. The Labute approximate surface area is 163 Å². The Bertz CT molecular complexity index is 978. The van der Waals surface area contributed by atoms with Gasteiger partial charge in [0.05, 0.1) is 11.4 Å². The molecule has 0 saturated heterocycles. The van der Waals surface area contributed by atoms with Gasteiger partial charge in [0.25, 0.3) is 0 Å². The number of aromatic nitrogens is 2. The van der Waals surface area contributed by atoms with Gasteiger partial charge in [0.15, 0.2) is 4.34 Å². The highest BCUT2D eigenvalue weighted by molar-refractivity contribution is 8.01. The number of halogens is 2. The predicted octanol–water partition coefficient (Wildman–Crippen LogP) is 4.91. The summed E-state index contributed by atoms with van der Waals surface area (Å²) < 4.78 is 27.3. The molecule has 9 heteroatoms. The number of amides is 1. The molecule has 27 heavy (non-hydrogen) atoms. The fourth-order valence-corrected chi connectivity index (χ4v) is 3.79. The van der Waals surface area contributed by atoms with Crippen molar-refractivity contribution in [3.8, 4) is 0 Å². The molecule has 0 atom stereocenters. The van der Waals surface area contributed by atoms with Gasteiger partial charge in [0.2, 0.25) is 11.0 Å². The maximum absolute atomic E-state index is 13.5. The normalized spacial score (nSPS) is 10.7. The minimum atomic E-state index is -0.689. The molecule has 0 spiro atoms. The van der Waals surface area contributed by atoms with Crippen LogP contribution in [-0.4, -0.2) is 21.9 Å². The van der Waals surface area contributed by atoms with Crippen LogP contribution in [0, 0.1) is 25.5 Å². The summed E-state index contributed by atoms with van der Waals surface area (Å²) in [5, 5.41) is 14.3. The number of nitrogens with one attached hydrogen (secondary N) is 2. The molecule has 0 aliphatic rings. The lowest BCUT2D eigenvalue weighted by Gasteiger charge is -2.08. The molecule has 0 unspecified atom stereocenters. The Morgan fingerprint density at radius 2 is 1.96 bits per heavy atom. The van der Waals surface area contributed by atoms with Crippen LogP contribution in [0.5, 0.6) is 0 Å². The Kier molecular flexibility index (Phi) is 6.02. The maximum Gasteiger partial charge on any atom is 0.234 e. The molecule has 140 valence electrons. The summed E-state index contributed by atoms with van der Waals surface area (Å²) in [6.07, 6.45) is 0. The fourth-order valence-electron chi connectivity index (χ4n) is 2.23. The van der Waals surface area contributed by atoms with Gasteiger partial charge in [0.1, 0.15) is 11.6 Å². The number of rotatable bonds is 6. The topological polar surface area (TPSA) is 66.9 Å². The van der Waals surface area contributed by atoms with Gasteiger partial charge in [-0.1, -0.05) is 35.2 Å². The van der Waals surface area contributed by atoms with Crippen molar-refractivity contribution in [2.75, 3.05) is 16.4 Å². The third-order valence-corrected chi connectivity index (χ3v) is 5.75. The zero-order chi connectivity index (χ0) is 19.4. The third kappa shape index (κ3) is 5.01. The van der Waals surface area contributed by atoms with Crippen molar-refractivity contribution in [2.24, 2.45) is 0 Å². The number of anilines is 3. The first-order chi connectivity index (χ1) is 12.9. The average molecular weight is 406 g/mol. The molecule has 0 bridgehead atoms. The molecule has 0 fully saturated rings. The van der Waals surface area contributed by atoms with Crippen LogP contribution < -0.4 is 10.6 Å². The number of nitrogens with zero attached hydrogens (tertiary/aromatic N) is 2. The molecule has 5 nitrogen and oxygen atoms in total. The van der Waals surface area contributed by atoms with Crippen molar-refractivity contribution in [3.63, 3.8) is 0 Å². The van der Waals surface area contributed by atoms with Gasteiger partial charge in [-0.2, -0.15) is 0 Å². The molecule has 2 aromatic carbocycles. The second-order valence-corrected chi connectivity index (χ2v) is 7.91. The quantitative estimate of drug-likeness (QED) is 0.570. The second-order valence-electron chi connectivity index (χ2n) is 5.71. The van der Waals surface area contributed by atoms with Crippen molar-refractivity contribution < 1.29 is 13.6 Å². The molecule has 0 aliphatic heterocycles. The number of hydrogen-bond acceptors (Lipinski definition) is 6. The molecule has 3 aromatic rings. The largest absolute Gasteiger partial charge is 0.330 e. The van der Waals surface area contributed by atoms with E-state index in [9.17, 15) is 13.6 Å². The van der Waals surface area contributed by atoms with Gasteiger partial charge in [0, 0.05) is 11.8 Å². The van der Waals surface area contributed by atoms with Crippen LogP contribution in [0.1, 0.15) is 11.1 Å². The zero-order valence-corrected chi connectivity index (χ0v) is 16.2. The molecule has 1 heterocycles. The molecule has 3 rings (SSSR count). The van der Waals surface area contributed by atoms with E-state index < -0.39 is 17.5 Å². The first-order valence-corrected chi connectivity index (χ1v) is 9.77. The summed E-state index contributed by atoms with van der Waals surface area (Å²) in [6.45, 7) is 4.05. The summed E-state index contributed by atoms with van der Waals surface area (Å²) in [5.74, 6) is -1.76. The Morgan fingerprint density at radius 3 is 2.78 bits per heavy atom. The van der Waals surface area contributed by atoms with E-state index in [-0.39, 0.29) is 11.4 Å². The molecule has 0 aliphatic carbocycles. The zero-order valence-electron chi connectivity index (χ0n) is 14.5. The highest BCUT2D eigenvalue weighted by Gasteiger charge is 2.12. The van der Waals surface area contributed by atoms with Gasteiger partial charge in [-0.3, -0.25) is 4.79 Å². The van der Waals surface area contributed by atoms with E-state index in [1.54, 1.807) is 0 Å². The molecule has 0 saturated carbocycles. The number of aryl methyl sites for hydroxylation is 1. The monoisotopic (exact) mass is 406 g/mol. The lowest BCUT2D eigenvalue weighted by Crippen LogP contribution is -2.15. The van der Waals surface area contributed by atoms with Crippen molar-refractivity contribution >= 4 is 45.5 Å². The summed E-state index contributed by atoms with van der Waals surface area (Å²) in [5.41, 5.74) is 3.05. The van der Waals surface area contributed by atoms with Crippen LogP contribution in [0.25, 0.3) is 0 Å². The van der Waals surface area contributed by atoms with E-state index in [1.807, 2.05) is 32.0 Å². The second kappa shape index (κ2) is 8.45. The summed E-state index contributed by atoms with van der Waals surface area (Å²) in [6, 6.07) is 8.84. The SMILES string of the molecule is Cc1cccc(Nc2nnc(SCC(=O)Nc3cc(F)ccc3F)s2)c1C. The van der Waals surface area contributed by atoms with E-state index in [2.05, 4.69) is 20.8 Å². The third-order valence-electron chi connectivity index (χ3n) is 3.78.